The highest BCUT2D eigenvalue weighted by molar-refractivity contribution is 5.97. The van der Waals surface area contributed by atoms with Crippen molar-refractivity contribution in [1.29, 1.82) is 0 Å². The van der Waals surface area contributed by atoms with E-state index in [1.807, 2.05) is 59.7 Å². The van der Waals surface area contributed by atoms with Gasteiger partial charge >= 0.3 is 0 Å². The van der Waals surface area contributed by atoms with Crippen LogP contribution in [0.2, 0.25) is 0 Å². The first-order chi connectivity index (χ1) is 16.3. The normalized spacial score (nSPS) is 13.3. The van der Waals surface area contributed by atoms with Gasteiger partial charge < -0.3 is 18.9 Å². The molecule has 0 fully saturated rings. The number of hydrogen-bond donors (Lipinski definition) is 0. The third-order valence-corrected chi connectivity index (χ3v) is 5.15. The van der Waals surface area contributed by atoms with Gasteiger partial charge in [0, 0.05) is 16.4 Å². The molecule has 0 amide bonds. The van der Waals surface area contributed by atoms with Gasteiger partial charge in [0.1, 0.15) is 12.1 Å². The summed E-state index contributed by atoms with van der Waals surface area (Å²) >= 11 is 0. The molecule has 2 aromatic rings. The second-order valence-corrected chi connectivity index (χ2v) is 10.1. The van der Waals surface area contributed by atoms with E-state index in [2.05, 4.69) is 0 Å². The fraction of sp³-hybridized carbons (Fsp3) is 0.393. The molecule has 7 heteroatoms. The van der Waals surface area contributed by atoms with Gasteiger partial charge in [-0.25, -0.2) is 0 Å². The Hall–Kier alpha value is -3.61. The van der Waals surface area contributed by atoms with Crippen LogP contribution in [0.5, 0.6) is 23.0 Å². The molecule has 2 heterocycles. The van der Waals surface area contributed by atoms with E-state index in [4.69, 9.17) is 18.9 Å². The number of Topliss-reactive ketones (excluding diaryl/α,β-unsaturated/α-hetero) is 1. The molecular weight excluding hydrogens is 448 g/mol. The molecule has 0 aliphatic carbocycles. The Morgan fingerprint density at radius 2 is 1.14 bits per heavy atom. The molecule has 35 heavy (non-hydrogen) atoms. The van der Waals surface area contributed by atoms with Crippen LogP contribution in [0.15, 0.2) is 42.5 Å². The lowest BCUT2D eigenvalue weighted by atomic mass is 9.90. The van der Waals surface area contributed by atoms with Crippen LogP contribution in [0, 0.1) is 10.8 Å². The molecule has 2 aromatic carbocycles. The summed E-state index contributed by atoms with van der Waals surface area (Å²) in [6.07, 6.45) is 4.19. The number of fused-ring (bicyclic) bond motifs is 2. The van der Waals surface area contributed by atoms with Crippen molar-refractivity contribution in [3.8, 4) is 23.0 Å². The van der Waals surface area contributed by atoms with Crippen molar-refractivity contribution in [3.05, 3.63) is 53.6 Å². The zero-order valence-corrected chi connectivity index (χ0v) is 21.5. The maximum atomic E-state index is 11.7. The van der Waals surface area contributed by atoms with Crippen LogP contribution in [0.1, 0.15) is 64.4 Å². The number of ketones is 2. The van der Waals surface area contributed by atoms with Gasteiger partial charge in [0.15, 0.2) is 28.8 Å². The fourth-order valence-corrected chi connectivity index (χ4v) is 2.43. The molecule has 0 saturated heterocycles. The molecule has 2 aliphatic rings. The monoisotopic (exact) mass is 482 g/mol. The molecule has 7 nitrogen and oxygen atoms in total. The Balaban J connectivity index is 0.000000206. The average molecular weight is 483 g/mol. The van der Waals surface area contributed by atoms with Crippen molar-refractivity contribution in [2.45, 2.75) is 48.5 Å². The molecule has 0 spiro atoms. The Kier molecular flexibility index (Phi) is 9.23. The lowest BCUT2D eigenvalue weighted by molar-refractivity contribution is -0.124. The molecule has 0 unspecified atom stereocenters. The highest BCUT2D eigenvalue weighted by Gasteiger charge is 2.18. The number of ether oxygens (including phenoxy) is 4. The van der Waals surface area contributed by atoms with Gasteiger partial charge in [-0.15, -0.1) is 0 Å². The zero-order valence-electron chi connectivity index (χ0n) is 21.5. The maximum Gasteiger partial charge on any atom is 0.231 e. The van der Waals surface area contributed by atoms with E-state index >= 15 is 0 Å². The lowest BCUT2D eigenvalue weighted by Gasteiger charge is -2.12. The van der Waals surface area contributed by atoms with E-state index in [9.17, 15) is 14.4 Å². The third-order valence-electron chi connectivity index (χ3n) is 5.15. The fourth-order valence-electron chi connectivity index (χ4n) is 2.43. The van der Waals surface area contributed by atoms with E-state index in [0.717, 1.165) is 23.3 Å². The van der Waals surface area contributed by atoms with E-state index in [-0.39, 0.29) is 36.0 Å². The van der Waals surface area contributed by atoms with Gasteiger partial charge in [-0.1, -0.05) is 53.7 Å². The predicted octanol–water partition coefficient (Wildman–Crippen LogP) is 5.89. The number of aldehydes is 1. The van der Waals surface area contributed by atoms with Gasteiger partial charge in [-0.2, -0.15) is 0 Å². The van der Waals surface area contributed by atoms with Gasteiger partial charge in [0.2, 0.25) is 13.6 Å². The highest BCUT2D eigenvalue weighted by Crippen LogP contribution is 2.33. The van der Waals surface area contributed by atoms with Crippen LogP contribution in [0.3, 0.4) is 0 Å². The SMILES string of the molecule is CC(=O)C(C)(C)C.CC(C)(C)C(=O)/C=C/c1ccc2c(c1)OCO2.O=Cc1ccc2c(c1)OCO2. The number of rotatable bonds is 3. The van der Waals surface area contributed by atoms with Gasteiger partial charge in [0.25, 0.3) is 0 Å². The molecular formula is C28H34O7. The number of benzene rings is 2. The van der Waals surface area contributed by atoms with Gasteiger partial charge in [0.05, 0.1) is 0 Å². The van der Waals surface area contributed by atoms with Crippen molar-refractivity contribution in [1.82, 2.24) is 0 Å². The number of carbonyl (C=O) groups excluding carboxylic acids is 3. The Morgan fingerprint density at radius 3 is 1.57 bits per heavy atom. The average Bonchev–Trinajstić information content (AvgIpc) is 3.45. The number of allylic oxidation sites excluding steroid dienone is 1. The summed E-state index contributed by atoms with van der Waals surface area (Å²) in [5.41, 5.74) is 1.06. The molecule has 4 rings (SSSR count). The molecule has 0 N–H and O–H groups in total. The van der Waals surface area contributed by atoms with Crippen LogP contribution in [-0.2, 0) is 9.59 Å². The molecule has 0 aromatic heterocycles. The summed E-state index contributed by atoms with van der Waals surface area (Å²) in [7, 11) is 0. The quantitative estimate of drug-likeness (QED) is 0.398. The zero-order chi connectivity index (χ0) is 26.2. The van der Waals surface area contributed by atoms with E-state index < -0.39 is 0 Å². The van der Waals surface area contributed by atoms with Gasteiger partial charge in [-0.3, -0.25) is 14.4 Å². The van der Waals surface area contributed by atoms with Crippen LogP contribution in [0.4, 0.5) is 0 Å². The minimum atomic E-state index is -0.340. The molecule has 0 saturated carbocycles. The largest absolute Gasteiger partial charge is 0.454 e. The van der Waals surface area contributed by atoms with Crippen molar-refractivity contribution < 1.29 is 33.3 Å². The van der Waals surface area contributed by atoms with Crippen LogP contribution in [0.25, 0.3) is 6.08 Å². The second-order valence-electron chi connectivity index (χ2n) is 10.1. The van der Waals surface area contributed by atoms with Crippen molar-refractivity contribution >= 4 is 23.9 Å². The topological polar surface area (TPSA) is 88.1 Å². The number of carbonyl (C=O) groups is 3. The summed E-state index contributed by atoms with van der Waals surface area (Å²) in [5.74, 6) is 3.19. The summed E-state index contributed by atoms with van der Waals surface area (Å²) in [4.78, 5) is 32.5. The van der Waals surface area contributed by atoms with Crippen LogP contribution in [-0.4, -0.2) is 31.4 Å². The Morgan fingerprint density at radius 1 is 0.714 bits per heavy atom. The highest BCUT2D eigenvalue weighted by atomic mass is 16.7. The minimum Gasteiger partial charge on any atom is -0.454 e. The second kappa shape index (κ2) is 11.7. The first kappa shape index (κ1) is 27.6. The predicted molar refractivity (Wildman–Crippen MR) is 134 cm³/mol. The van der Waals surface area contributed by atoms with E-state index in [1.54, 1.807) is 37.3 Å². The first-order valence-electron chi connectivity index (χ1n) is 11.3. The van der Waals surface area contributed by atoms with E-state index in [0.29, 0.717) is 17.1 Å². The molecule has 0 bridgehead atoms. The minimum absolute atomic E-state index is 0.107. The molecule has 188 valence electrons. The maximum absolute atomic E-state index is 11.7. The van der Waals surface area contributed by atoms with Crippen molar-refractivity contribution in [3.63, 3.8) is 0 Å². The van der Waals surface area contributed by atoms with Crippen molar-refractivity contribution in [2.75, 3.05) is 13.6 Å². The van der Waals surface area contributed by atoms with E-state index in [1.165, 1.54) is 0 Å². The summed E-state index contributed by atoms with van der Waals surface area (Å²) < 4.78 is 20.6. The summed E-state index contributed by atoms with van der Waals surface area (Å²) in [6.45, 7) is 13.6. The first-order valence-corrected chi connectivity index (χ1v) is 11.3. The molecule has 2 aliphatic heterocycles. The van der Waals surface area contributed by atoms with Crippen LogP contribution < -0.4 is 18.9 Å². The Labute approximate surface area is 207 Å². The Bertz CT molecular complexity index is 1090. The standard InChI is InChI=1S/C14H16O3.C8H6O3.C6H12O/c1-14(2,3)13(15)7-5-10-4-6-11-12(8-10)17-9-16-11;9-4-6-1-2-7-8(3-6)11-5-10-7;1-5(7)6(2,3)4/h4-8H,9H2,1-3H3;1-4H,5H2;1-4H3/b7-5+;;. The summed E-state index contributed by atoms with van der Waals surface area (Å²) in [5, 5.41) is 0. The van der Waals surface area contributed by atoms with Crippen LogP contribution >= 0.6 is 0 Å². The molecule has 0 radical (unpaired) electrons. The smallest absolute Gasteiger partial charge is 0.231 e. The summed E-state index contributed by atoms with van der Waals surface area (Å²) in [6, 6.07) is 10.7. The van der Waals surface area contributed by atoms with Crippen molar-refractivity contribution in [2.24, 2.45) is 10.8 Å². The van der Waals surface area contributed by atoms with Gasteiger partial charge in [-0.05, 0) is 48.9 Å². The lowest BCUT2D eigenvalue weighted by Crippen LogP contribution is -2.17. The third kappa shape index (κ3) is 8.59. The number of hydrogen-bond acceptors (Lipinski definition) is 7. The molecule has 0 atom stereocenters.